The van der Waals surface area contributed by atoms with Gasteiger partial charge in [-0.3, -0.25) is 9.11 Å². The molecule has 0 saturated carbocycles. The van der Waals surface area contributed by atoms with Crippen LogP contribution in [0.2, 0.25) is 0 Å². The van der Waals surface area contributed by atoms with E-state index in [0.717, 1.165) is 24.3 Å². The SMILES string of the molecule is Nc1cc(S(=O)(=O)O)c2cc(N)cc(S(=O)(=O)O)c2c1. The van der Waals surface area contributed by atoms with E-state index >= 15 is 0 Å². The Bertz CT molecular complexity index is 841. The fourth-order valence-electron chi connectivity index (χ4n) is 1.86. The van der Waals surface area contributed by atoms with E-state index in [1.807, 2.05) is 0 Å². The van der Waals surface area contributed by atoms with Crippen molar-refractivity contribution in [2.24, 2.45) is 0 Å². The molecule has 0 aromatic heterocycles. The molecule has 0 aliphatic carbocycles. The molecule has 0 fully saturated rings. The van der Waals surface area contributed by atoms with Crippen LogP contribution in [0.25, 0.3) is 10.8 Å². The highest BCUT2D eigenvalue weighted by Crippen LogP contribution is 2.32. The summed E-state index contributed by atoms with van der Waals surface area (Å²) in [4.78, 5) is -1.19. The molecule has 0 radical (unpaired) electrons. The molecule has 2 aromatic carbocycles. The number of hydrogen-bond acceptors (Lipinski definition) is 6. The third-order valence-electron chi connectivity index (χ3n) is 2.59. The summed E-state index contributed by atoms with van der Waals surface area (Å²) in [5, 5.41) is -0.316. The molecule has 6 N–H and O–H groups in total. The van der Waals surface area contributed by atoms with Gasteiger partial charge < -0.3 is 11.5 Å². The Morgan fingerprint density at radius 2 is 1.00 bits per heavy atom. The third-order valence-corrected chi connectivity index (χ3v) is 4.38. The van der Waals surface area contributed by atoms with Gasteiger partial charge in [0.1, 0.15) is 9.79 Å². The first kappa shape index (κ1) is 14.5. The molecule has 8 nitrogen and oxygen atoms in total. The van der Waals surface area contributed by atoms with Crippen LogP contribution in [0.3, 0.4) is 0 Å². The Balaban J connectivity index is 3.13. The van der Waals surface area contributed by atoms with Gasteiger partial charge in [0.15, 0.2) is 0 Å². The minimum atomic E-state index is -4.64. The van der Waals surface area contributed by atoms with E-state index in [0.29, 0.717) is 0 Å². The highest BCUT2D eigenvalue weighted by Gasteiger charge is 2.21. The maximum Gasteiger partial charge on any atom is 0.295 e. The number of rotatable bonds is 2. The Morgan fingerprint density at radius 1 is 0.700 bits per heavy atom. The maximum atomic E-state index is 11.3. The molecule has 0 amide bonds. The van der Waals surface area contributed by atoms with Crippen LogP contribution in [-0.4, -0.2) is 25.9 Å². The lowest BCUT2D eigenvalue weighted by Crippen LogP contribution is -2.05. The first-order valence-corrected chi connectivity index (χ1v) is 7.96. The largest absolute Gasteiger partial charge is 0.399 e. The van der Waals surface area contributed by atoms with Crippen LogP contribution in [0.15, 0.2) is 34.1 Å². The number of fused-ring (bicyclic) bond motifs is 1. The summed E-state index contributed by atoms with van der Waals surface area (Å²) in [5.41, 5.74) is 10.8. The van der Waals surface area contributed by atoms with Gasteiger partial charge in [-0.1, -0.05) is 0 Å². The summed E-state index contributed by atoms with van der Waals surface area (Å²) < 4.78 is 63.6. The van der Waals surface area contributed by atoms with Crippen molar-refractivity contribution in [2.45, 2.75) is 9.79 Å². The monoisotopic (exact) mass is 318 g/mol. The molecule has 108 valence electrons. The van der Waals surface area contributed by atoms with E-state index in [9.17, 15) is 16.8 Å². The van der Waals surface area contributed by atoms with Gasteiger partial charge in [0, 0.05) is 22.1 Å². The number of nitrogen functional groups attached to an aromatic ring is 2. The molecule has 0 heterocycles. The van der Waals surface area contributed by atoms with Gasteiger partial charge in [-0.25, -0.2) is 0 Å². The Labute approximate surface area is 114 Å². The molecular weight excluding hydrogens is 308 g/mol. The zero-order valence-electron chi connectivity index (χ0n) is 9.81. The Hall–Kier alpha value is -1.88. The highest BCUT2D eigenvalue weighted by molar-refractivity contribution is 7.86. The molecule has 10 heteroatoms. The molecule has 0 saturated heterocycles. The molecule has 0 aliphatic heterocycles. The van der Waals surface area contributed by atoms with Gasteiger partial charge >= 0.3 is 0 Å². The smallest absolute Gasteiger partial charge is 0.295 e. The van der Waals surface area contributed by atoms with Gasteiger partial charge in [-0.15, -0.1) is 0 Å². The summed E-state index contributed by atoms with van der Waals surface area (Å²) in [6.45, 7) is 0. The standard InChI is InChI=1S/C10H10N2O6S2/c11-5-1-7-8(10(3-5)20(16,17)18)2-6(12)4-9(7)19(13,14)15/h1-4H,11-12H2,(H,13,14,15)(H,16,17,18). The lowest BCUT2D eigenvalue weighted by atomic mass is 10.1. The van der Waals surface area contributed by atoms with E-state index in [2.05, 4.69) is 0 Å². The topological polar surface area (TPSA) is 161 Å². The lowest BCUT2D eigenvalue weighted by molar-refractivity contribution is 0.481. The second-order valence-corrected chi connectivity index (χ2v) is 6.86. The van der Waals surface area contributed by atoms with Crippen LogP contribution in [0.1, 0.15) is 0 Å². The van der Waals surface area contributed by atoms with Crippen molar-refractivity contribution < 1.29 is 25.9 Å². The number of nitrogens with two attached hydrogens (primary N) is 2. The van der Waals surface area contributed by atoms with Crippen LogP contribution in [0.5, 0.6) is 0 Å². The number of hydrogen-bond donors (Lipinski definition) is 4. The van der Waals surface area contributed by atoms with Gasteiger partial charge in [-0.05, 0) is 24.3 Å². The zero-order chi connectivity index (χ0) is 15.3. The van der Waals surface area contributed by atoms with Crippen LogP contribution in [0.4, 0.5) is 11.4 Å². The maximum absolute atomic E-state index is 11.3. The van der Waals surface area contributed by atoms with Crippen molar-refractivity contribution in [3.63, 3.8) is 0 Å². The zero-order valence-corrected chi connectivity index (χ0v) is 11.4. The third kappa shape index (κ3) is 2.54. The second kappa shape index (κ2) is 4.31. The highest BCUT2D eigenvalue weighted by atomic mass is 32.2. The van der Waals surface area contributed by atoms with Crippen LogP contribution in [-0.2, 0) is 20.2 Å². The normalized spacial score (nSPS) is 12.7. The van der Waals surface area contributed by atoms with Gasteiger partial charge in [0.2, 0.25) is 0 Å². The summed E-state index contributed by atoms with van der Waals surface area (Å²) >= 11 is 0. The number of anilines is 2. The molecule has 0 bridgehead atoms. The van der Waals surface area contributed by atoms with E-state index in [1.54, 1.807) is 0 Å². The summed E-state index contributed by atoms with van der Waals surface area (Å²) in [6, 6.07) is 4.24. The van der Waals surface area contributed by atoms with Gasteiger partial charge in [0.25, 0.3) is 20.2 Å². The first-order chi connectivity index (χ1) is 9.00. The minimum Gasteiger partial charge on any atom is -0.399 e. The van der Waals surface area contributed by atoms with Crippen LogP contribution in [0, 0.1) is 0 Å². The summed E-state index contributed by atoms with van der Waals surface area (Å²) in [6.07, 6.45) is 0. The van der Waals surface area contributed by atoms with Crippen molar-refractivity contribution in [1.29, 1.82) is 0 Å². The first-order valence-electron chi connectivity index (χ1n) is 5.08. The van der Waals surface area contributed by atoms with Crippen molar-refractivity contribution >= 4 is 42.4 Å². The van der Waals surface area contributed by atoms with E-state index in [-0.39, 0.29) is 22.1 Å². The molecule has 20 heavy (non-hydrogen) atoms. The van der Waals surface area contributed by atoms with Gasteiger partial charge in [0.05, 0.1) is 0 Å². The predicted molar refractivity (Wildman–Crippen MR) is 72.4 cm³/mol. The van der Waals surface area contributed by atoms with E-state index < -0.39 is 30.0 Å². The molecule has 0 unspecified atom stereocenters. The molecule has 0 atom stereocenters. The van der Waals surface area contributed by atoms with Crippen molar-refractivity contribution in [1.82, 2.24) is 0 Å². The van der Waals surface area contributed by atoms with E-state index in [1.165, 1.54) is 0 Å². The molecule has 0 spiro atoms. The van der Waals surface area contributed by atoms with Crippen molar-refractivity contribution in [2.75, 3.05) is 11.5 Å². The Kier molecular flexibility index (Phi) is 3.13. The lowest BCUT2D eigenvalue weighted by Gasteiger charge is -2.10. The summed E-state index contributed by atoms with van der Waals surface area (Å²) in [5.74, 6) is 0. The minimum absolute atomic E-state index is 0.0974. The number of benzene rings is 2. The molecule has 2 aromatic rings. The quantitative estimate of drug-likeness (QED) is 0.459. The molecular formula is C10H10N2O6S2. The average molecular weight is 318 g/mol. The van der Waals surface area contributed by atoms with Crippen molar-refractivity contribution in [3.8, 4) is 0 Å². The fourth-order valence-corrected chi connectivity index (χ4v) is 3.33. The van der Waals surface area contributed by atoms with Crippen LogP contribution >= 0.6 is 0 Å². The van der Waals surface area contributed by atoms with Gasteiger partial charge in [-0.2, -0.15) is 16.8 Å². The molecule has 2 rings (SSSR count). The second-order valence-electron chi connectivity index (χ2n) is 4.08. The molecule has 0 aliphatic rings. The Morgan fingerprint density at radius 3 is 1.25 bits per heavy atom. The average Bonchev–Trinajstić information content (AvgIpc) is 2.25. The predicted octanol–water partition coefficient (Wildman–Crippen LogP) is 0.498. The fraction of sp³-hybridized carbons (Fsp3) is 0. The van der Waals surface area contributed by atoms with Crippen molar-refractivity contribution in [3.05, 3.63) is 24.3 Å². The van der Waals surface area contributed by atoms with E-state index in [4.69, 9.17) is 20.6 Å². The summed E-state index contributed by atoms with van der Waals surface area (Å²) in [7, 11) is -9.29. The van der Waals surface area contributed by atoms with Crippen LogP contribution < -0.4 is 11.5 Å².